The molecule has 3 nitrogen and oxygen atoms in total. The van der Waals surface area contributed by atoms with Crippen molar-refractivity contribution >= 4 is 22.6 Å². The van der Waals surface area contributed by atoms with Crippen molar-refractivity contribution in [3.05, 3.63) is 126 Å². The van der Waals surface area contributed by atoms with Gasteiger partial charge in [-0.1, -0.05) is 72.3 Å². The van der Waals surface area contributed by atoms with E-state index >= 15 is 0 Å². The van der Waals surface area contributed by atoms with E-state index in [9.17, 15) is 0 Å². The fraction of sp³-hybridized carbons (Fsp3) is 0. The Bertz CT molecular complexity index is 1550. The molecule has 0 atom stereocenters. The predicted molar refractivity (Wildman–Crippen MR) is 138 cm³/mol. The molecule has 0 aliphatic rings. The van der Waals surface area contributed by atoms with Gasteiger partial charge in [-0.25, -0.2) is 9.97 Å². The highest BCUT2D eigenvalue weighted by molar-refractivity contribution is 6.30. The van der Waals surface area contributed by atoms with Crippen LogP contribution < -0.4 is 9.55 Å². The summed E-state index contributed by atoms with van der Waals surface area (Å²) in [5, 5.41) is 0.713. The molecule has 6 aromatic rings. The number of aromatic amines is 2. The Labute approximate surface area is 203 Å². The number of para-hydroxylation sites is 2. The van der Waals surface area contributed by atoms with E-state index in [4.69, 9.17) is 11.6 Å². The van der Waals surface area contributed by atoms with Crippen LogP contribution in [-0.4, -0.2) is 4.98 Å². The molecule has 2 heterocycles. The van der Waals surface area contributed by atoms with Crippen molar-refractivity contribution in [2.75, 3.05) is 0 Å². The summed E-state index contributed by atoms with van der Waals surface area (Å²) in [6.45, 7) is 0. The number of nitrogens with one attached hydrogen (secondary N) is 2. The number of aromatic nitrogens is 3. The van der Waals surface area contributed by atoms with Gasteiger partial charge in [-0.2, -0.15) is 0 Å². The lowest BCUT2D eigenvalue weighted by Gasteiger charge is -2.10. The van der Waals surface area contributed by atoms with Crippen molar-refractivity contribution in [1.29, 1.82) is 0 Å². The van der Waals surface area contributed by atoms with Gasteiger partial charge < -0.3 is 0 Å². The molecule has 0 radical (unpaired) electrons. The van der Waals surface area contributed by atoms with Crippen LogP contribution >= 0.6 is 11.6 Å². The standard InChI is InChI=1S/C30H20ClN3/c31-24-15-17-25(18-16-24)34-28(22-11-5-2-6-12-22)19-23(21-9-3-1-4-10-21)20-29(34)30-32-26-13-7-8-14-27(26)33-30/h1-20H/p+2. The van der Waals surface area contributed by atoms with E-state index in [1.165, 1.54) is 5.56 Å². The molecule has 0 spiro atoms. The molecule has 6 rings (SSSR count). The molecule has 0 fully saturated rings. The number of hydrogen-bond acceptors (Lipinski definition) is 0. The SMILES string of the molecule is Clc1ccc(-[n+]2c(-c3ccccc3)cc(-c3ccccc3)cc2-c2[nH]c3ccccc3[nH+]2)cc1. The van der Waals surface area contributed by atoms with Gasteiger partial charge >= 0.3 is 11.5 Å². The Morgan fingerprint density at radius 1 is 0.588 bits per heavy atom. The first-order valence-corrected chi connectivity index (χ1v) is 11.6. The van der Waals surface area contributed by atoms with Crippen LogP contribution in [0.3, 0.4) is 0 Å². The summed E-state index contributed by atoms with van der Waals surface area (Å²) in [7, 11) is 0. The van der Waals surface area contributed by atoms with Crippen LogP contribution in [0.5, 0.6) is 0 Å². The number of pyridine rings is 1. The summed E-state index contributed by atoms with van der Waals surface area (Å²) in [6, 6.07) is 41.7. The fourth-order valence-corrected chi connectivity index (χ4v) is 4.52. The number of imidazole rings is 1. The molecule has 4 aromatic carbocycles. The molecule has 162 valence electrons. The minimum Gasteiger partial charge on any atom is -0.231 e. The number of benzene rings is 4. The second kappa shape index (κ2) is 8.62. The van der Waals surface area contributed by atoms with Gasteiger partial charge in [-0.05, 0) is 47.5 Å². The zero-order valence-electron chi connectivity index (χ0n) is 18.4. The van der Waals surface area contributed by atoms with E-state index in [1.54, 1.807) is 0 Å². The van der Waals surface area contributed by atoms with E-state index in [2.05, 4.69) is 99.5 Å². The number of nitrogens with zero attached hydrogens (tertiary/aromatic N) is 1. The van der Waals surface area contributed by atoms with E-state index in [-0.39, 0.29) is 0 Å². The lowest BCUT2D eigenvalue weighted by molar-refractivity contribution is -0.576. The molecule has 0 bridgehead atoms. The van der Waals surface area contributed by atoms with Crippen LogP contribution in [0.4, 0.5) is 0 Å². The highest BCUT2D eigenvalue weighted by Gasteiger charge is 2.30. The Hall–Kier alpha value is -4.21. The van der Waals surface area contributed by atoms with Crippen molar-refractivity contribution in [1.82, 2.24) is 4.98 Å². The summed E-state index contributed by atoms with van der Waals surface area (Å²) in [6.07, 6.45) is 0. The average molecular weight is 460 g/mol. The van der Waals surface area contributed by atoms with Gasteiger partial charge in [0.2, 0.25) is 11.4 Å². The first kappa shape index (κ1) is 20.4. The van der Waals surface area contributed by atoms with Crippen LogP contribution in [-0.2, 0) is 0 Å². The van der Waals surface area contributed by atoms with Crippen molar-refractivity contribution in [2.45, 2.75) is 0 Å². The van der Waals surface area contributed by atoms with E-state index in [0.717, 1.165) is 45.1 Å². The van der Waals surface area contributed by atoms with E-state index in [0.29, 0.717) is 5.02 Å². The molecule has 4 heteroatoms. The van der Waals surface area contributed by atoms with E-state index in [1.807, 2.05) is 36.4 Å². The lowest BCUT2D eigenvalue weighted by atomic mass is 10.0. The normalized spacial score (nSPS) is 11.1. The number of halogens is 1. The molecule has 34 heavy (non-hydrogen) atoms. The van der Waals surface area contributed by atoms with Gasteiger partial charge in [0.15, 0.2) is 11.0 Å². The number of H-pyrrole nitrogens is 2. The Kier molecular flexibility index (Phi) is 5.17. The summed E-state index contributed by atoms with van der Waals surface area (Å²) < 4.78 is 2.28. The second-order valence-electron chi connectivity index (χ2n) is 8.23. The maximum atomic E-state index is 6.25. The van der Waals surface area contributed by atoms with Crippen LogP contribution in [0.15, 0.2) is 121 Å². The average Bonchev–Trinajstić information content (AvgIpc) is 3.34. The largest absolute Gasteiger partial charge is 0.351 e. The summed E-state index contributed by atoms with van der Waals surface area (Å²) in [5.74, 6) is 0.936. The molecule has 2 N–H and O–H groups in total. The van der Waals surface area contributed by atoms with Crippen molar-refractivity contribution in [3.63, 3.8) is 0 Å². The molecular formula is C30H22ClN3+2. The lowest BCUT2D eigenvalue weighted by Crippen LogP contribution is -2.37. The maximum absolute atomic E-state index is 6.25. The Balaban J connectivity index is 1.71. The van der Waals surface area contributed by atoms with Gasteiger partial charge in [0.05, 0.1) is 0 Å². The van der Waals surface area contributed by atoms with Crippen molar-refractivity contribution in [3.8, 4) is 39.6 Å². The van der Waals surface area contributed by atoms with Gasteiger partial charge in [0.1, 0.15) is 0 Å². The summed E-state index contributed by atoms with van der Waals surface area (Å²) in [5.41, 5.74) is 8.72. The van der Waals surface area contributed by atoms with Crippen molar-refractivity contribution < 1.29 is 9.55 Å². The first-order valence-electron chi connectivity index (χ1n) is 11.2. The molecule has 0 aliphatic heterocycles. The number of rotatable bonds is 4. The quantitative estimate of drug-likeness (QED) is 0.278. The van der Waals surface area contributed by atoms with Gasteiger partial charge in [-0.3, -0.25) is 0 Å². The Morgan fingerprint density at radius 2 is 1.21 bits per heavy atom. The van der Waals surface area contributed by atoms with Gasteiger partial charge in [0, 0.05) is 34.9 Å². The van der Waals surface area contributed by atoms with Crippen LogP contribution in [0.1, 0.15) is 0 Å². The monoisotopic (exact) mass is 459 g/mol. The highest BCUT2D eigenvalue weighted by atomic mass is 35.5. The second-order valence-corrected chi connectivity index (χ2v) is 8.67. The first-order chi connectivity index (χ1) is 16.8. The molecule has 0 unspecified atom stereocenters. The van der Waals surface area contributed by atoms with Crippen LogP contribution in [0, 0.1) is 0 Å². The highest BCUT2D eigenvalue weighted by Crippen LogP contribution is 2.29. The number of fused-ring (bicyclic) bond motifs is 1. The molecular weight excluding hydrogens is 438 g/mol. The van der Waals surface area contributed by atoms with Crippen molar-refractivity contribution in [2.24, 2.45) is 0 Å². The molecule has 2 aromatic heterocycles. The third-order valence-electron chi connectivity index (χ3n) is 6.03. The third kappa shape index (κ3) is 3.76. The van der Waals surface area contributed by atoms with Gasteiger partial charge in [-0.15, -0.1) is 4.57 Å². The summed E-state index contributed by atoms with van der Waals surface area (Å²) >= 11 is 6.25. The van der Waals surface area contributed by atoms with Gasteiger partial charge in [0.25, 0.3) is 0 Å². The molecule has 0 saturated heterocycles. The summed E-state index contributed by atoms with van der Waals surface area (Å²) in [4.78, 5) is 7.18. The fourth-order valence-electron chi connectivity index (χ4n) is 4.40. The minimum absolute atomic E-state index is 0.713. The smallest absolute Gasteiger partial charge is 0.231 e. The number of hydrogen-bond donors (Lipinski definition) is 1. The molecule has 0 amide bonds. The Morgan fingerprint density at radius 3 is 1.91 bits per heavy atom. The topological polar surface area (TPSA) is 33.8 Å². The van der Waals surface area contributed by atoms with Crippen LogP contribution in [0.2, 0.25) is 5.02 Å². The maximum Gasteiger partial charge on any atom is 0.351 e. The molecule has 0 aliphatic carbocycles. The minimum atomic E-state index is 0.713. The third-order valence-corrected chi connectivity index (χ3v) is 6.28. The predicted octanol–water partition coefficient (Wildman–Crippen LogP) is 6.91. The zero-order valence-corrected chi connectivity index (χ0v) is 19.1. The van der Waals surface area contributed by atoms with E-state index < -0.39 is 0 Å². The van der Waals surface area contributed by atoms with Crippen LogP contribution in [0.25, 0.3) is 50.6 Å². The zero-order chi connectivity index (χ0) is 22.9. The molecule has 0 saturated carbocycles.